The number of alkyl halides is 3. The predicted octanol–water partition coefficient (Wildman–Crippen LogP) is 3.52. The second-order valence-corrected chi connectivity index (χ2v) is 5.45. The van der Waals surface area contributed by atoms with Gasteiger partial charge in [0.25, 0.3) is 0 Å². The number of pyridine rings is 1. The van der Waals surface area contributed by atoms with Gasteiger partial charge in [0.15, 0.2) is 0 Å². The summed E-state index contributed by atoms with van der Waals surface area (Å²) in [7, 11) is 0. The number of ether oxygens (including phenoxy) is 1. The molecule has 132 valence electrons. The van der Waals surface area contributed by atoms with Crippen LogP contribution in [0.5, 0.6) is 5.88 Å². The summed E-state index contributed by atoms with van der Waals surface area (Å²) in [5.74, 6) is -2.79. The van der Waals surface area contributed by atoms with Gasteiger partial charge in [0, 0.05) is 11.8 Å². The van der Waals surface area contributed by atoms with Crippen LogP contribution >= 0.6 is 0 Å². The third kappa shape index (κ3) is 3.30. The largest absolute Gasteiger partial charge is 0.478 e. The van der Waals surface area contributed by atoms with Crippen molar-refractivity contribution in [2.45, 2.75) is 25.3 Å². The zero-order chi connectivity index (χ0) is 18.1. The Hall–Kier alpha value is -2.61. The van der Waals surface area contributed by atoms with Crippen LogP contribution in [-0.2, 0) is 4.84 Å². The van der Waals surface area contributed by atoms with Crippen LogP contribution in [0.1, 0.15) is 18.9 Å². The van der Waals surface area contributed by atoms with Gasteiger partial charge in [0.05, 0.1) is 18.7 Å². The highest BCUT2D eigenvalue weighted by Crippen LogP contribution is 2.39. The van der Waals surface area contributed by atoms with E-state index in [0.29, 0.717) is 18.1 Å². The topological polar surface area (TPSA) is 63.9 Å². The molecule has 5 nitrogen and oxygen atoms in total. The molecule has 2 aromatic rings. The first-order chi connectivity index (χ1) is 11.8. The molecule has 8 heteroatoms. The Morgan fingerprint density at radius 1 is 1.20 bits per heavy atom. The molecule has 1 aliphatic heterocycles. The number of nitrogens with zero attached hydrogens (tertiary/aromatic N) is 2. The molecule has 0 fully saturated rings. The second kappa shape index (κ2) is 6.36. The lowest BCUT2D eigenvalue weighted by atomic mass is 9.99. The molecule has 0 bridgehead atoms. The highest BCUT2D eigenvalue weighted by atomic mass is 19.4. The van der Waals surface area contributed by atoms with E-state index >= 15 is 0 Å². The molecule has 0 radical (unpaired) electrons. The van der Waals surface area contributed by atoms with Crippen molar-refractivity contribution in [3.63, 3.8) is 0 Å². The number of hydrogen-bond acceptors (Lipinski definition) is 5. The van der Waals surface area contributed by atoms with E-state index in [1.807, 2.05) is 13.0 Å². The van der Waals surface area contributed by atoms with Crippen LogP contribution in [0.15, 0.2) is 47.8 Å². The number of rotatable bonds is 4. The molecule has 0 saturated heterocycles. The van der Waals surface area contributed by atoms with Gasteiger partial charge in [-0.2, -0.15) is 13.2 Å². The third-order valence-corrected chi connectivity index (χ3v) is 3.74. The summed E-state index contributed by atoms with van der Waals surface area (Å²) < 4.78 is 43.8. The zero-order valence-corrected chi connectivity index (χ0v) is 13.2. The number of aromatic nitrogens is 1. The van der Waals surface area contributed by atoms with Gasteiger partial charge in [0.1, 0.15) is 0 Å². The number of benzene rings is 1. The van der Waals surface area contributed by atoms with Crippen LogP contribution in [-0.4, -0.2) is 34.4 Å². The van der Waals surface area contributed by atoms with Crippen molar-refractivity contribution in [1.29, 1.82) is 0 Å². The first kappa shape index (κ1) is 17.2. The fraction of sp³-hybridized carbons (Fsp3) is 0.294. The maximum absolute atomic E-state index is 12.8. The van der Waals surface area contributed by atoms with Gasteiger partial charge in [-0.05, 0) is 30.2 Å². The third-order valence-electron chi connectivity index (χ3n) is 3.74. The van der Waals surface area contributed by atoms with Crippen LogP contribution in [0, 0.1) is 0 Å². The number of halogens is 3. The molecule has 1 aliphatic rings. The smallest absolute Gasteiger partial charge is 0.458 e. The fourth-order valence-electron chi connectivity index (χ4n) is 2.43. The maximum Gasteiger partial charge on any atom is 0.458 e. The standard InChI is InChI=1S/C17H15F3N2O3/c1-2-24-15-13(4-3-9-21-15)11-5-7-12(8-6-11)14-10-16(23,25-22-14)17(18,19)20/h3-9,23H,2,10H2,1H3. The first-order valence-corrected chi connectivity index (χ1v) is 7.57. The van der Waals surface area contributed by atoms with Gasteiger partial charge < -0.3 is 14.7 Å². The number of hydrogen-bond donors (Lipinski definition) is 1. The quantitative estimate of drug-likeness (QED) is 0.914. The molecule has 3 rings (SSSR count). The Labute approximate surface area is 141 Å². The van der Waals surface area contributed by atoms with E-state index in [0.717, 1.165) is 11.1 Å². The summed E-state index contributed by atoms with van der Waals surface area (Å²) in [5.41, 5.74) is 2.03. The lowest BCUT2D eigenvalue weighted by molar-refractivity contribution is -0.355. The molecule has 0 amide bonds. The van der Waals surface area contributed by atoms with Crippen molar-refractivity contribution in [3.8, 4) is 17.0 Å². The molecule has 0 spiro atoms. The molecule has 1 unspecified atom stereocenters. The molecular formula is C17H15F3N2O3. The van der Waals surface area contributed by atoms with E-state index in [4.69, 9.17) is 4.74 Å². The fourth-order valence-corrected chi connectivity index (χ4v) is 2.43. The summed E-state index contributed by atoms with van der Waals surface area (Å²) in [5, 5.41) is 12.9. The van der Waals surface area contributed by atoms with Crippen molar-refractivity contribution < 1.29 is 27.9 Å². The average molecular weight is 352 g/mol. The Morgan fingerprint density at radius 3 is 2.48 bits per heavy atom. The Balaban J connectivity index is 1.83. The van der Waals surface area contributed by atoms with Crippen molar-refractivity contribution in [2.75, 3.05) is 6.61 Å². The van der Waals surface area contributed by atoms with Crippen LogP contribution in [0.25, 0.3) is 11.1 Å². The Kier molecular flexibility index (Phi) is 4.38. The predicted molar refractivity (Wildman–Crippen MR) is 84.1 cm³/mol. The van der Waals surface area contributed by atoms with Crippen molar-refractivity contribution in [3.05, 3.63) is 48.2 Å². The van der Waals surface area contributed by atoms with Crippen molar-refractivity contribution >= 4 is 5.71 Å². The minimum absolute atomic E-state index is 0.0302. The van der Waals surface area contributed by atoms with Gasteiger partial charge in [-0.25, -0.2) is 4.98 Å². The van der Waals surface area contributed by atoms with E-state index in [2.05, 4.69) is 15.0 Å². The SMILES string of the molecule is CCOc1ncccc1-c1ccc(C2=NOC(O)(C(F)(F)F)C2)cc1. The van der Waals surface area contributed by atoms with E-state index in [1.165, 1.54) is 0 Å². The molecule has 0 saturated carbocycles. The normalized spacial score (nSPS) is 20.1. The van der Waals surface area contributed by atoms with Gasteiger partial charge in [-0.3, -0.25) is 0 Å². The monoisotopic (exact) mass is 352 g/mol. The Bertz CT molecular complexity index is 790. The highest BCUT2D eigenvalue weighted by Gasteiger charge is 2.60. The van der Waals surface area contributed by atoms with E-state index in [-0.39, 0.29) is 5.71 Å². The second-order valence-electron chi connectivity index (χ2n) is 5.45. The summed E-state index contributed by atoms with van der Waals surface area (Å²) in [6.45, 7) is 2.31. The molecule has 2 heterocycles. The summed E-state index contributed by atoms with van der Waals surface area (Å²) in [6, 6.07) is 10.3. The molecule has 0 aliphatic carbocycles. The van der Waals surface area contributed by atoms with Gasteiger partial charge in [0.2, 0.25) is 5.88 Å². The minimum Gasteiger partial charge on any atom is -0.478 e. The summed E-state index contributed by atoms with van der Waals surface area (Å²) >= 11 is 0. The van der Waals surface area contributed by atoms with Crippen LogP contribution in [0.4, 0.5) is 13.2 Å². The molecule has 1 aromatic heterocycles. The summed E-state index contributed by atoms with van der Waals surface area (Å²) in [6.07, 6.45) is -4.06. The van der Waals surface area contributed by atoms with Crippen LogP contribution in [0.2, 0.25) is 0 Å². The number of aliphatic hydroxyl groups is 1. The van der Waals surface area contributed by atoms with Gasteiger partial charge in [-0.15, -0.1) is 0 Å². The summed E-state index contributed by atoms with van der Waals surface area (Å²) in [4.78, 5) is 8.39. The lowest BCUT2D eigenvalue weighted by Crippen LogP contribution is -2.45. The van der Waals surface area contributed by atoms with E-state index in [1.54, 1.807) is 36.5 Å². The first-order valence-electron chi connectivity index (χ1n) is 7.57. The zero-order valence-electron chi connectivity index (χ0n) is 13.2. The average Bonchev–Trinajstić information content (AvgIpc) is 3.00. The molecular weight excluding hydrogens is 337 g/mol. The van der Waals surface area contributed by atoms with Crippen LogP contribution in [0.3, 0.4) is 0 Å². The molecule has 1 aromatic carbocycles. The Morgan fingerprint density at radius 2 is 1.88 bits per heavy atom. The van der Waals surface area contributed by atoms with Crippen LogP contribution < -0.4 is 4.74 Å². The maximum atomic E-state index is 12.8. The van der Waals surface area contributed by atoms with Crippen molar-refractivity contribution in [2.24, 2.45) is 5.16 Å². The molecule has 1 N–H and O–H groups in total. The van der Waals surface area contributed by atoms with Crippen molar-refractivity contribution in [1.82, 2.24) is 4.98 Å². The van der Waals surface area contributed by atoms with Gasteiger partial charge >= 0.3 is 12.0 Å². The molecule has 1 atom stereocenters. The van der Waals surface area contributed by atoms with E-state index in [9.17, 15) is 18.3 Å². The minimum atomic E-state index is -4.92. The molecule has 25 heavy (non-hydrogen) atoms. The lowest BCUT2D eigenvalue weighted by Gasteiger charge is -2.22. The number of oxime groups is 1. The van der Waals surface area contributed by atoms with Gasteiger partial charge in [-0.1, -0.05) is 29.4 Å². The highest BCUT2D eigenvalue weighted by molar-refractivity contribution is 6.01. The van der Waals surface area contributed by atoms with E-state index < -0.39 is 18.4 Å².